The van der Waals surface area contributed by atoms with Gasteiger partial charge in [-0.2, -0.15) is 0 Å². The van der Waals surface area contributed by atoms with Crippen molar-refractivity contribution >= 4 is 27.5 Å². The molecule has 0 bridgehead atoms. The first-order valence-electron chi connectivity index (χ1n) is 9.28. The Morgan fingerprint density at radius 2 is 2.11 bits per heavy atom. The molecule has 0 saturated carbocycles. The largest absolute Gasteiger partial charge is 0.355 e. The van der Waals surface area contributed by atoms with Crippen molar-refractivity contribution in [1.82, 2.24) is 9.62 Å². The summed E-state index contributed by atoms with van der Waals surface area (Å²) in [6.45, 7) is 6.70. The molecule has 152 valence electrons. The van der Waals surface area contributed by atoms with E-state index < -0.39 is 21.3 Å². The monoisotopic (exact) mass is 418 g/mol. The Labute approximate surface area is 166 Å². The van der Waals surface area contributed by atoms with Crippen LogP contribution < -0.4 is 5.32 Å². The molecule has 1 unspecified atom stereocenters. The number of sulfonamides is 1. The van der Waals surface area contributed by atoms with E-state index in [0.717, 1.165) is 5.56 Å². The molecule has 2 rings (SSSR count). The third-order valence-corrected chi connectivity index (χ3v) is 7.33. The second kappa shape index (κ2) is 8.88. The highest BCUT2D eigenvalue weighted by Crippen LogP contribution is 2.30. The molecule has 5 nitrogen and oxygen atoms in total. The lowest BCUT2D eigenvalue weighted by atomic mass is 9.84. The SMILES string of the molecule is CCCS(=O)(=O)N1CCCC(C(=O)NCC(C)(C)c2ccc(F)cc2Cl)C1. The maximum Gasteiger partial charge on any atom is 0.224 e. The van der Waals surface area contributed by atoms with Gasteiger partial charge in [0, 0.05) is 30.1 Å². The molecule has 1 aliphatic heterocycles. The van der Waals surface area contributed by atoms with Crippen LogP contribution in [0.25, 0.3) is 0 Å². The van der Waals surface area contributed by atoms with Crippen LogP contribution in [0, 0.1) is 11.7 Å². The summed E-state index contributed by atoms with van der Waals surface area (Å²) in [6, 6.07) is 4.24. The summed E-state index contributed by atoms with van der Waals surface area (Å²) in [4.78, 5) is 12.6. The first kappa shape index (κ1) is 22.1. The molecular weight excluding hydrogens is 391 g/mol. The van der Waals surface area contributed by atoms with Crippen LogP contribution in [0.4, 0.5) is 4.39 Å². The first-order valence-corrected chi connectivity index (χ1v) is 11.3. The van der Waals surface area contributed by atoms with E-state index in [2.05, 4.69) is 5.32 Å². The minimum Gasteiger partial charge on any atom is -0.355 e. The molecule has 1 N–H and O–H groups in total. The van der Waals surface area contributed by atoms with Crippen LogP contribution in [0.15, 0.2) is 18.2 Å². The summed E-state index contributed by atoms with van der Waals surface area (Å²) in [7, 11) is -3.30. The maximum atomic E-state index is 13.3. The lowest BCUT2D eigenvalue weighted by molar-refractivity contribution is -0.126. The number of piperidine rings is 1. The third-order valence-electron chi connectivity index (χ3n) is 4.98. The summed E-state index contributed by atoms with van der Waals surface area (Å²) < 4.78 is 39.2. The molecule has 1 heterocycles. The molecule has 1 saturated heterocycles. The van der Waals surface area contributed by atoms with E-state index in [1.54, 1.807) is 6.07 Å². The Kier molecular flexibility index (Phi) is 7.27. The van der Waals surface area contributed by atoms with Gasteiger partial charge >= 0.3 is 0 Å². The Balaban J connectivity index is 2.00. The number of halogens is 2. The molecule has 8 heteroatoms. The Bertz CT molecular complexity index is 783. The molecule has 1 atom stereocenters. The van der Waals surface area contributed by atoms with Crippen LogP contribution in [-0.2, 0) is 20.2 Å². The van der Waals surface area contributed by atoms with E-state index in [1.807, 2.05) is 20.8 Å². The maximum absolute atomic E-state index is 13.3. The zero-order valence-corrected chi connectivity index (χ0v) is 17.7. The van der Waals surface area contributed by atoms with Gasteiger partial charge in [0.15, 0.2) is 0 Å². The van der Waals surface area contributed by atoms with Gasteiger partial charge in [-0.25, -0.2) is 17.1 Å². The number of amides is 1. The van der Waals surface area contributed by atoms with Crippen molar-refractivity contribution < 1.29 is 17.6 Å². The molecule has 1 aliphatic rings. The standard InChI is InChI=1S/C19H28ClFN2O3S/c1-4-10-27(25,26)23-9-5-6-14(12-23)18(24)22-13-19(2,3)16-8-7-15(21)11-17(16)20/h7-8,11,14H,4-6,9-10,12-13H2,1-3H3,(H,22,24). The van der Waals surface area contributed by atoms with Crippen molar-refractivity contribution in [2.45, 2.75) is 45.4 Å². The van der Waals surface area contributed by atoms with Crippen LogP contribution in [-0.4, -0.2) is 44.0 Å². The molecule has 0 radical (unpaired) electrons. The molecule has 1 amide bonds. The van der Waals surface area contributed by atoms with E-state index in [4.69, 9.17) is 11.6 Å². The number of carbonyl (C=O) groups excluding carboxylic acids is 1. The van der Waals surface area contributed by atoms with Gasteiger partial charge in [0.25, 0.3) is 0 Å². The van der Waals surface area contributed by atoms with Crippen molar-refractivity contribution in [3.63, 3.8) is 0 Å². The molecular formula is C19H28ClFN2O3S. The second-order valence-electron chi connectivity index (χ2n) is 7.74. The van der Waals surface area contributed by atoms with Crippen LogP contribution >= 0.6 is 11.6 Å². The average molecular weight is 419 g/mol. The minimum absolute atomic E-state index is 0.109. The highest BCUT2D eigenvalue weighted by atomic mass is 35.5. The fourth-order valence-electron chi connectivity index (χ4n) is 3.38. The molecule has 0 spiro atoms. The fraction of sp³-hybridized carbons (Fsp3) is 0.632. The summed E-state index contributed by atoms with van der Waals surface area (Å²) in [5.74, 6) is -0.806. The number of benzene rings is 1. The number of nitrogens with zero attached hydrogens (tertiary/aromatic N) is 1. The Hall–Kier alpha value is -1.18. The number of carbonyl (C=O) groups is 1. The number of nitrogens with one attached hydrogen (secondary N) is 1. The lowest BCUT2D eigenvalue weighted by Crippen LogP contribution is -2.47. The molecule has 27 heavy (non-hydrogen) atoms. The quantitative estimate of drug-likeness (QED) is 0.738. The number of hydrogen-bond donors (Lipinski definition) is 1. The molecule has 0 aromatic heterocycles. The van der Waals surface area contributed by atoms with Crippen LogP contribution in [0.5, 0.6) is 0 Å². The van der Waals surface area contributed by atoms with Gasteiger partial charge in [0.1, 0.15) is 5.82 Å². The van der Waals surface area contributed by atoms with E-state index in [9.17, 15) is 17.6 Å². The van der Waals surface area contributed by atoms with Gasteiger partial charge in [-0.15, -0.1) is 0 Å². The van der Waals surface area contributed by atoms with Crippen molar-refractivity contribution in [2.75, 3.05) is 25.4 Å². The topological polar surface area (TPSA) is 66.5 Å². The second-order valence-corrected chi connectivity index (χ2v) is 10.2. The molecule has 1 fully saturated rings. The number of rotatable bonds is 7. The predicted octanol–water partition coefficient (Wildman–Crippen LogP) is 3.32. The molecule has 1 aromatic rings. The van der Waals surface area contributed by atoms with Gasteiger partial charge < -0.3 is 5.32 Å². The zero-order chi connectivity index (χ0) is 20.2. The van der Waals surface area contributed by atoms with Crippen molar-refractivity contribution in [2.24, 2.45) is 5.92 Å². The van der Waals surface area contributed by atoms with Crippen molar-refractivity contribution in [3.8, 4) is 0 Å². The van der Waals surface area contributed by atoms with Crippen LogP contribution in [0.2, 0.25) is 5.02 Å². The van der Waals surface area contributed by atoms with Crippen molar-refractivity contribution in [1.29, 1.82) is 0 Å². The summed E-state index contributed by atoms with van der Waals surface area (Å²) in [6.07, 6.45) is 1.90. The van der Waals surface area contributed by atoms with E-state index in [0.29, 0.717) is 37.4 Å². The summed E-state index contributed by atoms with van der Waals surface area (Å²) in [5, 5.41) is 3.25. The first-order chi connectivity index (χ1) is 12.6. The smallest absolute Gasteiger partial charge is 0.224 e. The zero-order valence-electron chi connectivity index (χ0n) is 16.1. The average Bonchev–Trinajstić information content (AvgIpc) is 2.59. The fourth-order valence-corrected chi connectivity index (χ4v) is 5.39. The van der Waals surface area contributed by atoms with Gasteiger partial charge in [0.05, 0.1) is 11.7 Å². The third kappa shape index (κ3) is 5.65. The highest BCUT2D eigenvalue weighted by molar-refractivity contribution is 7.89. The van der Waals surface area contributed by atoms with E-state index >= 15 is 0 Å². The lowest BCUT2D eigenvalue weighted by Gasteiger charge is -2.32. The normalized spacial score (nSPS) is 19.1. The number of hydrogen-bond acceptors (Lipinski definition) is 3. The Morgan fingerprint density at radius 3 is 2.74 bits per heavy atom. The van der Waals surface area contributed by atoms with E-state index in [1.165, 1.54) is 16.4 Å². The summed E-state index contributed by atoms with van der Waals surface area (Å²) >= 11 is 6.15. The van der Waals surface area contributed by atoms with Gasteiger partial charge in [-0.3, -0.25) is 4.79 Å². The molecule has 0 aliphatic carbocycles. The van der Waals surface area contributed by atoms with E-state index in [-0.39, 0.29) is 24.1 Å². The summed E-state index contributed by atoms with van der Waals surface area (Å²) in [5.41, 5.74) is 0.268. The predicted molar refractivity (Wildman–Crippen MR) is 106 cm³/mol. The van der Waals surface area contributed by atoms with Gasteiger partial charge in [0.2, 0.25) is 15.9 Å². The molecule has 1 aromatic carbocycles. The minimum atomic E-state index is -3.30. The highest BCUT2D eigenvalue weighted by Gasteiger charge is 2.33. The Morgan fingerprint density at radius 1 is 1.41 bits per heavy atom. The van der Waals surface area contributed by atoms with Gasteiger partial charge in [-0.05, 0) is 37.0 Å². The van der Waals surface area contributed by atoms with Crippen LogP contribution in [0.1, 0.15) is 45.6 Å². The van der Waals surface area contributed by atoms with Crippen molar-refractivity contribution in [3.05, 3.63) is 34.6 Å². The van der Waals surface area contributed by atoms with Crippen LogP contribution in [0.3, 0.4) is 0 Å². The van der Waals surface area contributed by atoms with Gasteiger partial charge in [-0.1, -0.05) is 38.4 Å².